The van der Waals surface area contributed by atoms with E-state index in [1.165, 1.54) is 5.56 Å². The maximum Gasteiger partial charge on any atom is 0.251 e. The van der Waals surface area contributed by atoms with Crippen LogP contribution in [0, 0.1) is 0 Å². The van der Waals surface area contributed by atoms with Crippen LogP contribution in [-0.2, 0) is 12.8 Å². The number of nitrogens with one attached hydrogen (secondary N) is 2. The van der Waals surface area contributed by atoms with Crippen LogP contribution in [0.25, 0.3) is 0 Å². The number of hydrogen-bond donors (Lipinski definition) is 2. The van der Waals surface area contributed by atoms with Crippen molar-refractivity contribution >= 4 is 11.9 Å². The molecule has 1 amide bonds. The lowest BCUT2D eigenvalue weighted by Crippen LogP contribution is -2.40. The van der Waals surface area contributed by atoms with E-state index < -0.39 is 0 Å². The number of ether oxygens (including phenoxy) is 2. The molecule has 0 aromatic heterocycles. The van der Waals surface area contributed by atoms with Crippen molar-refractivity contribution in [2.24, 2.45) is 4.99 Å². The summed E-state index contributed by atoms with van der Waals surface area (Å²) in [6.07, 6.45) is 1.62. The Morgan fingerprint density at radius 1 is 1.03 bits per heavy atom. The average molecular weight is 427 g/mol. The van der Waals surface area contributed by atoms with E-state index in [9.17, 15) is 4.79 Å². The van der Waals surface area contributed by atoms with E-state index in [1.54, 1.807) is 21.3 Å². The molecule has 0 aliphatic heterocycles. The molecule has 2 rings (SSSR count). The number of carbonyl (C=O) groups excluding carboxylic acids is 1. The summed E-state index contributed by atoms with van der Waals surface area (Å²) in [5.74, 6) is 2.26. The van der Waals surface area contributed by atoms with Crippen LogP contribution in [0.1, 0.15) is 28.4 Å². The first-order valence-corrected chi connectivity index (χ1v) is 10.5. The Bertz CT molecular complexity index is 883. The first-order chi connectivity index (χ1) is 15.0. The number of rotatable bonds is 10. The van der Waals surface area contributed by atoms with Crippen LogP contribution in [0.2, 0.25) is 0 Å². The number of guanidine groups is 1. The van der Waals surface area contributed by atoms with E-state index in [4.69, 9.17) is 14.5 Å². The van der Waals surface area contributed by atoms with Crippen molar-refractivity contribution in [1.82, 2.24) is 15.5 Å². The van der Waals surface area contributed by atoms with Crippen LogP contribution in [0.15, 0.2) is 47.5 Å². The summed E-state index contributed by atoms with van der Waals surface area (Å²) in [5, 5.41) is 6.01. The minimum atomic E-state index is -0.0754. The van der Waals surface area contributed by atoms with Gasteiger partial charge in [0.05, 0.1) is 14.2 Å². The van der Waals surface area contributed by atoms with E-state index in [2.05, 4.69) is 28.5 Å². The molecule has 31 heavy (non-hydrogen) atoms. The van der Waals surface area contributed by atoms with Gasteiger partial charge in [0, 0.05) is 39.3 Å². The minimum absolute atomic E-state index is 0.0754. The lowest BCUT2D eigenvalue weighted by atomic mass is 10.1. The molecule has 7 nitrogen and oxygen atoms in total. The van der Waals surface area contributed by atoms with Gasteiger partial charge in [-0.25, -0.2) is 0 Å². The SMILES string of the molecule is CCNC(=NCCc1cccc(C(=O)NC)c1)N(C)CCc1ccc(OC)c(OC)c1. The molecule has 168 valence electrons. The second kappa shape index (κ2) is 12.5. The molecule has 0 aliphatic rings. The number of amides is 1. The summed E-state index contributed by atoms with van der Waals surface area (Å²) >= 11 is 0. The maximum atomic E-state index is 11.8. The minimum Gasteiger partial charge on any atom is -0.493 e. The van der Waals surface area contributed by atoms with Crippen molar-refractivity contribution in [2.45, 2.75) is 19.8 Å². The molecule has 0 unspecified atom stereocenters. The largest absolute Gasteiger partial charge is 0.493 e. The number of carbonyl (C=O) groups is 1. The van der Waals surface area contributed by atoms with Gasteiger partial charge in [0.15, 0.2) is 17.5 Å². The molecule has 2 aromatic carbocycles. The van der Waals surface area contributed by atoms with E-state index in [0.29, 0.717) is 12.1 Å². The third-order valence-electron chi connectivity index (χ3n) is 4.96. The molecule has 0 radical (unpaired) electrons. The molecule has 0 saturated heterocycles. The quantitative estimate of drug-likeness (QED) is 0.451. The summed E-state index contributed by atoms with van der Waals surface area (Å²) < 4.78 is 10.7. The van der Waals surface area contributed by atoms with Crippen LogP contribution in [0.3, 0.4) is 0 Å². The fourth-order valence-electron chi connectivity index (χ4n) is 3.21. The Balaban J connectivity index is 1.97. The summed E-state index contributed by atoms with van der Waals surface area (Å²) in [6.45, 7) is 4.31. The number of aliphatic imine (C=N–C) groups is 1. The van der Waals surface area contributed by atoms with Crippen LogP contribution in [0.5, 0.6) is 11.5 Å². The van der Waals surface area contributed by atoms with Crippen molar-refractivity contribution in [3.05, 3.63) is 59.2 Å². The average Bonchev–Trinajstić information content (AvgIpc) is 2.81. The molecule has 0 bridgehead atoms. The normalized spacial score (nSPS) is 11.1. The molecule has 2 N–H and O–H groups in total. The molecule has 0 aliphatic carbocycles. The van der Waals surface area contributed by atoms with Gasteiger partial charge in [-0.3, -0.25) is 9.79 Å². The van der Waals surface area contributed by atoms with Gasteiger partial charge in [-0.05, 0) is 55.2 Å². The van der Waals surface area contributed by atoms with Crippen molar-refractivity contribution in [3.8, 4) is 11.5 Å². The molecule has 0 spiro atoms. The van der Waals surface area contributed by atoms with Crippen molar-refractivity contribution in [3.63, 3.8) is 0 Å². The Hall–Kier alpha value is -3.22. The zero-order chi connectivity index (χ0) is 22.6. The second-order valence-corrected chi connectivity index (χ2v) is 7.13. The molecular formula is C24H34N4O3. The Morgan fingerprint density at radius 3 is 2.45 bits per heavy atom. The molecule has 0 atom stereocenters. The van der Waals surface area contributed by atoms with Crippen LogP contribution >= 0.6 is 0 Å². The maximum absolute atomic E-state index is 11.8. The highest BCUT2D eigenvalue weighted by molar-refractivity contribution is 5.94. The Kier molecular flexibility index (Phi) is 9.68. The fraction of sp³-hybridized carbons (Fsp3) is 0.417. The number of hydrogen-bond acceptors (Lipinski definition) is 4. The van der Waals surface area contributed by atoms with Gasteiger partial charge in [0.2, 0.25) is 0 Å². The first-order valence-electron chi connectivity index (χ1n) is 10.5. The summed E-state index contributed by atoms with van der Waals surface area (Å²) in [5.41, 5.74) is 2.93. The lowest BCUT2D eigenvalue weighted by molar-refractivity contribution is 0.0963. The number of likely N-dealkylation sites (N-methyl/N-ethyl adjacent to an activating group) is 1. The monoisotopic (exact) mass is 426 g/mol. The third-order valence-corrected chi connectivity index (χ3v) is 4.96. The number of nitrogens with zero attached hydrogens (tertiary/aromatic N) is 2. The summed E-state index contributed by atoms with van der Waals surface area (Å²) in [6, 6.07) is 13.7. The van der Waals surface area contributed by atoms with Gasteiger partial charge in [0.25, 0.3) is 5.91 Å². The van der Waals surface area contributed by atoms with Gasteiger partial charge in [-0.1, -0.05) is 18.2 Å². The molecule has 0 saturated carbocycles. The highest BCUT2D eigenvalue weighted by atomic mass is 16.5. The van der Waals surface area contributed by atoms with Crippen LogP contribution in [0.4, 0.5) is 0 Å². The number of methoxy groups -OCH3 is 2. The molecule has 0 fully saturated rings. The first kappa shape index (κ1) is 24.1. The van der Waals surface area contributed by atoms with Crippen molar-refractivity contribution in [2.75, 3.05) is 47.9 Å². The zero-order valence-corrected chi connectivity index (χ0v) is 19.2. The fourth-order valence-corrected chi connectivity index (χ4v) is 3.21. The summed E-state index contributed by atoms with van der Waals surface area (Å²) in [4.78, 5) is 18.7. The van der Waals surface area contributed by atoms with E-state index in [0.717, 1.165) is 49.0 Å². The van der Waals surface area contributed by atoms with Gasteiger partial charge >= 0.3 is 0 Å². The van der Waals surface area contributed by atoms with Gasteiger partial charge in [-0.2, -0.15) is 0 Å². The predicted octanol–water partition coefficient (Wildman–Crippen LogP) is 2.75. The van der Waals surface area contributed by atoms with Crippen LogP contribution in [-0.4, -0.2) is 64.7 Å². The second-order valence-electron chi connectivity index (χ2n) is 7.13. The van der Waals surface area contributed by atoms with Gasteiger partial charge in [-0.15, -0.1) is 0 Å². The summed E-state index contributed by atoms with van der Waals surface area (Å²) in [7, 11) is 6.96. The topological polar surface area (TPSA) is 75.2 Å². The third kappa shape index (κ3) is 7.20. The van der Waals surface area contributed by atoms with E-state index in [-0.39, 0.29) is 5.91 Å². The van der Waals surface area contributed by atoms with Gasteiger partial charge < -0.3 is 25.0 Å². The molecule has 0 heterocycles. The van der Waals surface area contributed by atoms with Crippen molar-refractivity contribution in [1.29, 1.82) is 0 Å². The standard InChI is InChI=1S/C24H34N4O3/c1-6-26-24(27-14-12-18-8-7-9-20(16-18)23(29)25-2)28(3)15-13-19-10-11-21(30-4)22(17-19)31-5/h7-11,16-17H,6,12-15H2,1-5H3,(H,25,29)(H,26,27). The van der Waals surface area contributed by atoms with Crippen LogP contribution < -0.4 is 20.1 Å². The predicted molar refractivity (Wildman–Crippen MR) is 125 cm³/mol. The van der Waals surface area contributed by atoms with Gasteiger partial charge in [0.1, 0.15) is 0 Å². The van der Waals surface area contributed by atoms with E-state index >= 15 is 0 Å². The smallest absolute Gasteiger partial charge is 0.251 e. The highest BCUT2D eigenvalue weighted by Gasteiger charge is 2.09. The highest BCUT2D eigenvalue weighted by Crippen LogP contribution is 2.27. The number of benzene rings is 2. The Labute approximate surface area is 185 Å². The molecule has 2 aromatic rings. The lowest BCUT2D eigenvalue weighted by Gasteiger charge is -2.22. The zero-order valence-electron chi connectivity index (χ0n) is 19.2. The van der Waals surface area contributed by atoms with E-state index in [1.807, 2.05) is 43.4 Å². The molecular weight excluding hydrogens is 392 g/mol. The Morgan fingerprint density at radius 2 is 1.77 bits per heavy atom. The van der Waals surface area contributed by atoms with Crippen molar-refractivity contribution < 1.29 is 14.3 Å². The molecule has 7 heteroatoms.